The fraction of sp³-hybridized carbons (Fsp3) is 0.750. The lowest BCUT2D eigenvalue weighted by Gasteiger charge is -2.41. The molecule has 14 nitrogen and oxygen atoms in total. The lowest BCUT2D eigenvalue weighted by Crippen LogP contribution is -2.58. The minimum atomic E-state index is -0.900. The second kappa shape index (κ2) is 23.7. The highest BCUT2D eigenvalue weighted by Crippen LogP contribution is 2.30. The van der Waals surface area contributed by atoms with Crippen LogP contribution < -0.4 is 21.3 Å². The number of hydrogen-bond acceptors (Lipinski definition) is 10. The Hall–Kier alpha value is -3.75. The fourth-order valence-corrected chi connectivity index (χ4v) is 8.58. The molecule has 4 amide bonds. The van der Waals surface area contributed by atoms with Gasteiger partial charge in [-0.05, 0) is 81.1 Å². The molecule has 1 aromatic carbocycles. The van der Waals surface area contributed by atoms with Crippen molar-refractivity contribution in [3.05, 3.63) is 29.3 Å². The van der Waals surface area contributed by atoms with Crippen molar-refractivity contribution in [2.24, 2.45) is 23.7 Å². The number of likely N-dealkylation sites (tertiary alicyclic amines) is 1. The van der Waals surface area contributed by atoms with Crippen molar-refractivity contribution in [2.75, 3.05) is 60.4 Å². The molecule has 1 fully saturated rings. The van der Waals surface area contributed by atoms with Crippen molar-refractivity contribution in [3.8, 4) is 0 Å². The van der Waals surface area contributed by atoms with E-state index < -0.39 is 48.3 Å². The first-order valence-electron chi connectivity index (χ1n) is 21.4. The topological polar surface area (TPSA) is 168 Å². The van der Waals surface area contributed by atoms with Crippen LogP contribution in [-0.4, -0.2) is 131 Å². The molecule has 0 spiro atoms. The van der Waals surface area contributed by atoms with Gasteiger partial charge in [0.2, 0.25) is 23.6 Å². The second-order valence-corrected chi connectivity index (χ2v) is 16.8. The molecule has 328 valence electrons. The van der Waals surface area contributed by atoms with Gasteiger partial charge in [0.25, 0.3) is 0 Å². The molecule has 2 aliphatic rings. The zero-order valence-corrected chi connectivity index (χ0v) is 37.2. The Balaban J connectivity index is 1.75. The molecular formula is C44H74N6O8. The van der Waals surface area contributed by atoms with E-state index in [0.717, 1.165) is 56.4 Å². The third kappa shape index (κ3) is 12.9. The molecule has 58 heavy (non-hydrogen) atoms. The van der Waals surface area contributed by atoms with Crippen LogP contribution >= 0.6 is 0 Å². The molecule has 14 heteroatoms. The van der Waals surface area contributed by atoms with Gasteiger partial charge < -0.3 is 45.3 Å². The van der Waals surface area contributed by atoms with Gasteiger partial charge in [0.15, 0.2) is 0 Å². The van der Waals surface area contributed by atoms with E-state index in [-0.39, 0.29) is 54.2 Å². The number of anilines is 1. The number of nitrogens with one attached hydrogen (secondary N) is 4. The van der Waals surface area contributed by atoms with Gasteiger partial charge in [-0.1, -0.05) is 60.1 Å². The van der Waals surface area contributed by atoms with Gasteiger partial charge in [0, 0.05) is 52.4 Å². The van der Waals surface area contributed by atoms with Crippen molar-refractivity contribution in [1.29, 1.82) is 0 Å². The first kappa shape index (κ1) is 48.6. The van der Waals surface area contributed by atoms with Gasteiger partial charge in [-0.25, -0.2) is 4.79 Å². The normalized spacial score (nSPS) is 19.4. The summed E-state index contributed by atoms with van der Waals surface area (Å²) in [6.45, 7) is 13.8. The molecule has 2 aliphatic heterocycles. The first-order valence-corrected chi connectivity index (χ1v) is 21.4. The summed E-state index contributed by atoms with van der Waals surface area (Å²) in [5, 5.41) is 12.5. The zero-order valence-electron chi connectivity index (χ0n) is 37.2. The highest BCUT2D eigenvalue weighted by atomic mass is 16.5. The number of fused-ring (bicyclic) bond motifs is 1. The van der Waals surface area contributed by atoms with Crippen LogP contribution in [0.3, 0.4) is 0 Å². The van der Waals surface area contributed by atoms with Crippen molar-refractivity contribution in [2.45, 2.75) is 136 Å². The number of methoxy groups -OCH3 is 3. The number of carbonyl (C=O) groups excluding carboxylic acids is 5. The lowest BCUT2D eigenvalue weighted by molar-refractivity contribution is -0.149. The van der Waals surface area contributed by atoms with E-state index in [2.05, 4.69) is 27.3 Å². The van der Waals surface area contributed by atoms with Gasteiger partial charge in [-0.15, -0.1) is 0 Å². The van der Waals surface area contributed by atoms with Crippen LogP contribution in [0, 0.1) is 23.7 Å². The van der Waals surface area contributed by atoms with E-state index in [0.29, 0.717) is 19.4 Å². The average Bonchev–Trinajstić information content (AvgIpc) is 3.71. The Morgan fingerprint density at radius 1 is 0.983 bits per heavy atom. The number of ether oxygens (including phenoxy) is 3. The Morgan fingerprint density at radius 3 is 2.33 bits per heavy atom. The lowest BCUT2D eigenvalue weighted by atomic mass is 9.89. The number of hydrogen-bond donors (Lipinski definition) is 4. The van der Waals surface area contributed by atoms with E-state index in [1.807, 2.05) is 53.8 Å². The minimum absolute atomic E-state index is 0.0125. The molecular weight excluding hydrogens is 741 g/mol. The van der Waals surface area contributed by atoms with Crippen LogP contribution in [0.2, 0.25) is 0 Å². The predicted octanol–water partition coefficient (Wildman–Crippen LogP) is 3.94. The zero-order chi connectivity index (χ0) is 43.1. The summed E-state index contributed by atoms with van der Waals surface area (Å²) in [4.78, 5) is 71.9. The van der Waals surface area contributed by atoms with Crippen molar-refractivity contribution in [3.63, 3.8) is 0 Å². The summed E-state index contributed by atoms with van der Waals surface area (Å²) in [5.74, 6) is -2.57. The van der Waals surface area contributed by atoms with Gasteiger partial charge in [0.05, 0.1) is 43.7 Å². The number of carbonyl (C=O) groups is 5. The molecule has 0 aliphatic carbocycles. The summed E-state index contributed by atoms with van der Waals surface area (Å²) < 4.78 is 17.1. The molecule has 1 aromatic rings. The molecule has 0 aromatic heterocycles. The number of nitrogens with zero attached hydrogens (tertiary/aromatic N) is 2. The first-order chi connectivity index (χ1) is 27.6. The van der Waals surface area contributed by atoms with Crippen molar-refractivity contribution < 1.29 is 38.2 Å². The Morgan fingerprint density at radius 2 is 1.71 bits per heavy atom. The molecule has 2 heterocycles. The third-order valence-corrected chi connectivity index (χ3v) is 12.4. The number of amides is 4. The average molecular weight is 815 g/mol. The second-order valence-electron chi connectivity index (χ2n) is 16.8. The molecule has 1 saturated heterocycles. The van der Waals surface area contributed by atoms with E-state index >= 15 is 0 Å². The molecule has 4 N–H and O–H groups in total. The summed E-state index contributed by atoms with van der Waals surface area (Å²) in [5.41, 5.74) is 3.20. The number of benzene rings is 1. The van der Waals surface area contributed by atoms with Gasteiger partial charge >= 0.3 is 5.97 Å². The number of esters is 1. The van der Waals surface area contributed by atoms with Crippen LogP contribution in [0.15, 0.2) is 18.2 Å². The predicted molar refractivity (Wildman–Crippen MR) is 226 cm³/mol. The van der Waals surface area contributed by atoms with Crippen LogP contribution in [0.5, 0.6) is 0 Å². The van der Waals surface area contributed by atoms with Crippen LogP contribution in [0.25, 0.3) is 0 Å². The molecule has 0 bridgehead atoms. The highest BCUT2D eigenvalue weighted by Gasteiger charge is 2.43. The fourth-order valence-electron chi connectivity index (χ4n) is 8.58. The SMILES string of the molecule is CC[C@H](C)[C@@H]([C@@H](CC(=O)N1CCC[C@H]1[C@H](OC)[C@@H](C)C(=O)N[C@@H](Cc1ccc2c(c1)CCCN2)C(=O)OC)OC)N(C)C(=O)[C@@H](NC(=O)[C@H](C)CCCNC)C(C)C. The third-order valence-electron chi connectivity index (χ3n) is 12.4. The van der Waals surface area contributed by atoms with Crippen LogP contribution in [0.4, 0.5) is 5.69 Å². The van der Waals surface area contributed by atoms with Crippen LogP contribution in [0.1, 0.15) is 97.6 Å². The van der Waals surface area contributed by atoms with Gasteiger partial charge in [-0.3, -0.25) is 19.2 Å². The largest absolute Gasteiger partial charge is 0.467 e. The van der Waals surface area contributed by atoms with Crippen molar-refractivity contribution >= 4 is 35.3 Å². The maximum absolute atomic E-state index is 14.3. The van der Waals surface area contributed by atoms with E-state index in [9.17, 15) is 24.0 Å². The monoisotopic (exact) mass is 815 g/mol. The maximum Gasteiger partial charge on any atom is 0.328 e. The van der Waals surface area contributed by atoms with E-state index in [1.54, 1.807) is 38.0 Å². The minimum Gasteiger partial charge on any atom is -0.467 e. The smallest absolute Gasteiger partial charge is 0.328 e. The Labute approximate surface area is 347 Å². The standard InChI is InChI=1S/C44H74N6O8/c1-12-28(4)39(49(8)43(54)38(27(2)3)48-41(52)29(5)16-13-21-45-7)36(56-9)26-37(51)50-23-15-18-35(50)40(57-10)30(6)42(53)47-34(44(55)58-11)25-31-19-20-33-32(24-31)17-14-22-46-33/h19-20,24,27-30,34-36,38-40,45-46H,12-18,21-23,25-26H2,1-11H3,(H,47,53)(H,48,52)/t28-,29+,30+,34-,35-,36+,38-,39-,40+/m0/s1. The molecule has 0 radical (unpaired) electrons. The summed E-state index contributed by atoms with van der Waals surface area (Å²) >= 11 is 0. The molecule has 0 saturated carbocycles. The number of rotatable bonds is 23. The molecule has 0 unspecified atom stereocenters. The van der Waals surface area contributed by atoms with Crippen LogP contribution in [-0.2, 0) is 51.0 Å². The number of likely N-dealkylation sites (N-methyl/N-ethyl adjacent to an activating group) is 1. The molecule has 9 atom stereocenters. The summed E-state index contributed by atoms with van der Waals surface area (Å²) in [7, 11) is 8.02. The van der Waals surface area contributed by atoms with Gasteiger partial charge in [0.1, 0.15) is 12.1 Å². The Bertz CT molecular complexity index is 1510. The molecule has 3 rings (SSSR count). The summed E-state index contributed by atoms with van der Waals surface area (Å²) in [6.07, 6.45) is 4.64. The van der Waals surface area contributed by atoms with E-state index in [1.165, 1.54) is 12.7 Å². The van der Waals surface area contributed by atoms with Crippen molar-refractivity contribution in [1.82, 2.24) is 25.8 Å². The quantitative estimate of drug-likeness (QED) is 0.0939. The Kier molecular flexibility index (Phi) is 19.9. The highest BCUT2D eigenvalue weighted by molar-refractivity contribution is 5.89. The maximum atomic E-state index is 14.3. The van der Waals surface area contributed by atoms with Gasteiger partial charge in [-0.2, -0.15) is 0 Å². The number of aryl methyl sites for hydroxylation is 1. The van der Waals surface area contributed by atoms with E-state index in [4.69, 9.17) is 14.2 Å². The summed E-state index contributed by atoms with van der Waals surface area (Å²) in [6, 6.07) is 3.57.